The van der Waals surface area contributed by atoms with Crippen LogP contribution in [0.15, 0.2) is 53.6 Å². The molecule has 31 heavy (non-hydrogen) atoms. The molecule has 1 aliphatic heterocycles. The van der Waals surface area contributed by atoms with E-state index >= 15 is 0 Å². The molecule has 1 amide bonds. The number of fused-ring (bicyclic) bond motifs is 1. The second-order valence-electron chi connectivity index (χ2n) is 7.54. The zero-order valence-electron chi connectivity index (χ0n) is 17.9. The lowest BCUT2D eigenvalue weighted by Crippen LogP contribution is -2.46. The Bertz CT molecular complexity index is 1070. The van der Waals surface area contributed by atoms with Crippen molar-refractivity contribution in [2.45, 2.75) is 31.1 Å². The third-order valence-electron chi connectivity index (χ3n) is 4.96. The molecule has 3 aromatic rings. The molecule has 2 atom stereocenters. The Morgan fingerprint density at radius 2 is 1.74 bits per heavy atom. The smallest absolute Gasteiger partial charge is 0.234 e. The fourth-order valence-corrected chi connectivity index (χ4v) is 4.50. The molecule has 1 aromatic heterocycles. The SMILES string of the molecule is COc1ccccc1NC(=O)CSc1nc2ccccc2nc1N1CC(C)OC(C)C1. The summed E-state index contributed by atoms with van der Waals surface area (Å²) in [7, 11) is 1.58. The number of amides is 1. The maximum absolute atomic E-state index is 12.6. The number of hydrogen-bond donors (Lipinski definition) is 1. The summed E-state index contributed by atoms with van der Waals surface area (Å²) >= 11 is 1.39. The van der Waals surface area contributed by atoms with E-state index in [9.17, 15) is 4.79 Å². The van der Waals surface area contributed by atoms with Gasteiger partial charge in [0.25, 0.3) is 0 Å². The molecule has 7 nitrogen and oxygen atoms in total. The first-order chi connectivity index (χ1) is 15.0. The van der Waals surface area contributed by atoms with Crippen molar-refractivity contribution in [1.29, 1.82) is 0 Å². The molecule has 0 aliphatic carbocycles. The molecule has 4 rings (SSSR count). The van der Waals surface area contributed by atoms with Crippen molar-refractivity contribution >= 4 is 40.2 Å². The van der Waals surface area contributed by atoms with Gasteiger partial charge < -0.3 is 19.7 Å². The van der Waals surface area contributed by atoms with Crippen LogP contribution in [0.5, 0.6) is 5.75 Å². The Balaban J connectivity index is 1.56. The Morgan fingerprint density at radius 1 is 1.10 bits per heavy atom. The van der Waals surface area contributed by atoms with Crippen LogP contribution in [0, 0.1) is 0 Å². The number of methoxy groups -OCH3 is 1. The fourth-order valence-electron chi connectivity index (χ4n) is 3.70. The maximum Gasteiger partial charge on any atom is 0.234 e. The van der Waals surface area contributed by atoms with E-state index in [0.717, 1.165) is 35.0 Å². The summed E-state index contributed by atoms with van der Waals surface area (Å²) in [5.74, 6) is 1.52. The summed E-state index contributed by atoms with van der Waals surface area (Å²) in [6.07, 6.45) is 0.201. The van der Waals surface area contributed by atoms with E-state index in [2.05, 4.69) is 24.1 Å². The van der Waals surface area contributed by atoms with Crippen LogP contribution >= 0.6 is 11.8 Å². The molecule has 162 valence electrons. The molecule has 1 aliphatic rings. The monoisotopic (exact) mass is 438 g/mol. The van der Waals surface area contributed by atoms with Gasteiger partial charge >= 0.3 is 0 Å². The number of thioether (sulfide) groups is 1. The van der Waals surface area contributed by atoms with E-state index in [-0.39, 0.29) is 23.9 Å². The quantitative estimate of drug-likeness (QED) is 0.583. The maximum atomic E-state index is 12.6. The van der Waals surface area contributed by atoms with Gasteiger partial charge in [-0.2, -0.15) is 0 Å². The second kappa shape index (κ2) is 9.53. The van der Waals surface area contributed by atoms with Gasteiger partial charge in [-0.3, -0.25) is 4.79 Å². The minimum atomic E-state index is -0.126. The summed E-state index contributed by atoms with van der Waals surface area (Å²) in [6, 6.07) is 15.2. The lowest BCUT2D eigenvalue weighted by molar-refractivity contribution is -0.113. The van der Waals surface area contributed by atoms with Crippen LogP contribution in [0.2, 0.25) is 0 Å². The number of nitrogens with zero attached hydrogens (tertiary/aromatic N) is 3. The molecule has 0 spiro atoms. The summed E-state index contributed by atoms with van der Waals surface area (Å²) in [4.78, 5) is 24.6. The van der Waals surface area contributed by atoms with Crippen LogP contribution in [-0.2, 0) is 9.53 Å². The molecule has 0 saturated carbocycles. The van der Waals surface area contributed by atoms with Gasteiger partial charge in [0.1, 0.15) is 10.8 Å². The van der Waals surface area contributed by atoms with Crippen LogP contribution in [0.4, 0.5) is 11.5 Å². The van der Waals surface area contributed by atoms with E-state index in [1.807, 2.05) is 48.5 Å². The number of carbonyl (C=O) groups is 1. The van der Waals surface area contributed by atoms with Crippen molar-refractivity contribution in [3.63, 3.8) is 0 Å². The predicted molar refractivity (Wildman–Crippen MR) is 124 cm³/mol. The molecule has 0 radical (unpaired) electrons. The van der Waals surface area contributed by atoms with Crippen LogP contribution in [-0.4, -0.2) is 54.0 Å². The number of hydrogen-bond acceptors (Lipinski definition) is 7. The Labute approximate surface area is 186 Å². The lowest BCUT2D eigenvalue weighted by atomic mass is 10.2. The zero-order valence-corrected chi connectivity index (χ0v) is 18.7. The number of ether oxygens (including phenoxy) is 2. The predicted octanol–water partition coefficient (Wildman–Crippen LogP) is 3.98. The standard InChI is InChI=1S/C23H26N4O3S/c1-15-12-27(13-16(2)30-15)22-23(26-18-9-5-4-8-17(18)25-22)31-14-21(28)24-19-10-6-7-11-20(19)29-3/h4-11,15-16H,12-14H2,1-3H3,(H,24,28). The summed E-state index contributed by atoms with van der Waals surface area (Å²) < 4.78 is 11.2. The Hall–Kier alpha value is -2.84. The van der Waals surface area contributed by atoms with Crippen LogP contribution < -0.4 is 15.0 Å². The molecular weight excluding hydrogens is 412 g/mol. The average Bonchev–Trinajstić information content (AvgIpc) is 2.76. The number of aromatic nitrogens is 2. The first kappa shape index (κ1) is 21.4. The lowest BCUT2D eigenvalue weighted by Gasteiger charge is -2.36. The van der Waals surface area contributed by atoms with Crippen LogP contribution in [0.1, 0.15) is 13.8 Å². The topological polar surface area (TPSA) is 76.6 Å². The van der Waals surface area contributed by atoms with Crippen molar-refractivity contribution in [2.24, 2.45) is 0 Å². The van der Waals surface area contributed by atoms with Crippen LogP contribution in [0.3, 0.4) is 0 Å². The molecule has 2 heterocycles. The molecule has 1 saturated heterocycles. The van der Waals surface area contributed by atoms with Crippen molar-refractivity contribution in [1.82, 2.24) is 9.97 Å². The van der Waals surface area contributed by atoms with E-state index in [0.29, 0.717) is 11.4 Å². The summed E-state index contributed by atoms with van der Waals surface area (Å²) in [5.41, 5.74) is 2.30. The largest absolute Gasteiger partial charge is 0.495 e. The molecule has 0 bridgehead atoms. The van der Waals surface area contributed by atoms with E-state index in [1.54, 1.807) is 7.11 Å². The van der Waals surface area contributed by atoms with E-state index < -0.39 is 0 Å². The van der Waals surface area contributed by atoms with Crippen molar-refractivity contribution in [3.05, 3.63) is 48.5 Å². The highest BCUT2D eigenvalue weighted by Crippen LogP contribution is 2.31. The minimum Gasteiger partial charge on any atom is -0.495 e. The van der Waals surface area contributed by atoms with Gasteiger partial charge in [0.05, 0.1) is 41.8 Å². The third-order valence-corrected chi connectivity index (χ3v) is 5.92. The van der Waals surface area contributed by atoms with E-state index in [4.69, 9.17) is 19.4 Å². The Kier molecular flexibility index (Phi) is 6.58. The second-order valence-corrected chi connectivity index (χ2v) is 8.50. The van der Waals surface area contributed by atoms with Gasteiger partial charge in [0.2, 0.25) is 5.91 Å². The number of morpholine rings is 1. The van der Waals surface area contributed by atoms with Gasteiger partial charge in [-0.05, 0) is 38.1 Å². The number of para-hydroxylation sites is 4. The number of carbonyl (C=O) groups excluding carboxylic acids is 1. The minimum absolute atomic E-state index is 0.101. The van der Waals surface area contributed by atoms with Crippen molar-refractivity contribution in [2.75, 3.05) is 36.2 Å². The average molecular weight is 439 g/mol. The van der Waals surface area contributed by atoms with Crippen LogP contribution in [0.25, 0.3) is 11.0 Å². The number of benzene rings is 2. The summed E-state index contributed by atoms with van der Waals surface area (Å²) in [6.45, 7) is 5.59. The molecule has 8 heteroatoms. The number of rotatable bonds is 6. The fraction of sp³-hybridized carbons (Fsp3) is 0.348. The molecule has 2 aromatic carbocycles. The highest BCUT2D eigenvalue weighted by Gasteiger charge is 2.26. The normalized spacial score (nSPS) is 18.7. The number of nitrogens with one attached hydrogen (secondary N) is 1. The van der Waals surface area contributed by atoms with E-state index in [1.165, 1.54) is 11.8 Å². The van der Waals surface area contributed by atoms with Gasteiger partial charge in [-0.1, -0.05) is 36.0 Å². The molecule has 1 N–H and O–H groups in total. The number of anilines is 2. The van der Waals surface area contributed by atoms with Crippen molar-refractivity contribution in [3.8, 4) is 5.75 Å². The first-order valence-corrected chi connectivity index (χ1v) is 11.2. The van der Waals surface area contributed by atoms with Gasteiger partial charge in [-0.15, -0.1) is 0 Å². The zero-order chi connectivity index (χ0) is 21.8. The van der Waals surface area contributed by atoms with Gasteiger partial charge in [-0.25, -0.2) is 9.97 Å². The van der Waals surface area contributed by atoms with Gasteiger partial charge in [0, 0.05) is 13.1 Å². The first-order valence-electron chi connectivity index (χ1n) is 10.3. The third kappa shape index (κ3) is 5.08. The summed E-state index contributed by atoms with van der Waals surface area (Å²) in [5, 5.41) is 3.66. The Morgan fingerprint density at radius 3 is 2.45 bits per heavy atom. The highest BCUT2D eigenvalue weighted by atomic mass is 32.2. The molecule has 2 unspecified atom stereocenters. The molecule has 1 fully saturated rings. The molecular formula is C23H26N4O3S. The van der Waals surface area contributed by atoms with Crippen molar-refractivity contribution < 1.29 is 14.3 Å². The van der Waals surface area contributed by atoms with Gasteiger partial charge in [0.15, 0.2) is 5.82 Å². The highest BCUT2D eigenvalue weighted by molar-refractivity contribution is 8.00.